The van der Waals surface area contributed by atoms with Gasteiger partial charge in [-0.1, -0.05) is 12.1 Å². The van der Waals surface area contributed by atoms with Crippen molar-refractivity contribution in [3.8, 4) is 11.5 Å². The molecule has 3 aromatic rings. The molecule has 0 saturated carbocycles. The molecule has 0 atom stereocenters. The zero-order chi connectivity index (χ0) is 18.4. The van der Waals surface area contributed by atoms with Gasteiger partial charge in [-0.05, 0) is 42.8 Å². The topological polar surface area (TPSA) is 88.7 Å². The fourth-order valence-corrected chi connectivity index (χ4v) is 2.53. The summed E-state index contributed by atoms with van der Waals surface area (Å²) in [5.74, 6) is 0.262. The first-order chi connectivity index (χ1) is 12.7. The van der Waals surface area contributed by atoms with Gasteiger partial charge < -0.3 is 14.4 Å². The fourth-order valence-electron chi connectivity index (χ4n) is 2.53. The first-order valence-corrected chi connectivity index (χ1v) is 8.35. The van der Waals surface area contributed by atoms with Crippen LogP contribution >= 0.6 is 0 Å². The van der Waals surface area contributed by atoms with Crippen molar-refractivity contribution in [1.82, 2.24) is 15.0 Å². The van der Waals surface area contributed by atoms with Crippen LogP contribution in [0.3, 0.4) is 0 Å². The van der Waals surface area contributed by atoms with Crippen molar-refractivity contribution < 1.29 is 14.6 Å². The van der Waals surface area contributed by atoms with E-state index >= 15 is 0 Å². The predicted octanol–water partition coefficient (Wildman–Crippen LogP) is 2.68. The average Bonchev–Trinajstić information content (AvgIpc) is 3.06. The summed E-state index contributed by atoms with van der Waals surface area (Å²) in [4.78, 5) is 16.3. The smallest absolute Gasteiger partial charge is 0.241 e. The van der Waals surface area contributed by atoms with Crippen LogP contribution in [-0.4, -0.2) is 33.4 Å². The molecule has 7 nitrogen and oxygen atoms in total. The Morgan fingerprint density at radius 2 is 2.19 bits per heavy atom. The highest BCUT2D eigenvalue weighted by molar-refractivity contribution is 5.83. The Kier molecular flexibility index (Phi) is 5.48. The average molecular weight is 352 g/mol. The molecule has 1 amide bonds. The number of aromatic hydroxyl groups is 1. The van der Waals surface area contributed by atoms with Gasteiger partial charge in [0.2, 0.25) is 5.91 Å². The van der Waals surface area contributed by atoms with Crippen molar-refractivity contribution >= 4 is 23.2 Å². The monoisotopic (exact) mass is 352 g/mol. The van der Waals surface area contributed by atoms with E-state index in [1.54, 1.807) is 18.5 Å². The summed E-state index contributed by atoms with van der Waals surface area (Å²) in [6.07, 6.45) is 3.52. The first kappa shape index (κ1) is 17.5. The molecule has 0 unspecified atom stereocenters. The summed E-state index contributed by atoms with van der Waals surface area (Å²) in [7, 11) is 0. The van der Waals surface area contributed by atoms with Crippen molar-refractivity contribution in [2.45, 2.75) is 19.9 Å². The van der Waals surface area contributed by atoms with Crippen molar-refractivity contribution in [3.05, 3.63) is 54.4 Å². The van der Waals surface area contributed by atoms with E-state index in [2.05, 4.69) is 15.5 Å². The van der Waals surface area contributed by atoms with Crippen molar-refractivity contribution in [2.24, 2.45) is 5.10 Å². The molecule has 26 heavy (non-hydrogen) atoms. The number of rotatable bonds is 7. The highest BCUT2D eigenvalue weighted by Gasteiger charge is 2.05. The molecule has 1 aromatic heterocycles. The van der Waals surface area contributed by atoms with Gasteiger partial charge in [0.1, 0.15) is 0 Å². The lowest BCUT2D eigenvalue weighted by molar-refractivity contribution is -0.121. The molecule has 3 rings (SSSR count). The number of ether oxygens (including phenoxy) is 1. The number of phenolic OH excluding ortho intramolecular Hbond substituents is 1. The summed E-state index contributed by atoms with van der Waals surface area (Å²) in [5.41, 5.74) is 5.12. The molecule has 0 spiro atoms. The third-order valence-electron chi connectivity index (χ3n) is 3.79. The van der Waals surface area contributed by atoms with Crippen LogP contribution in [0.25, 0.3) is 11.0 Å². The Morgan fingerprint density at radius 3 is 3.04 bits per heavy atom. The van der Waals surface area contributed by atoms with Gasteiger partial charge in [0.15, 0.2) is 11.5 Å². The summed E-state index contributed by atoms with van der Waals surface area (Å²) < 4.78 is 7.25. The van der Waals surface area contributed by atoms with E-state index in [0.717, 1.165) is 11.0 Å². The zero-order valence-electron chi connectivity index (χ0n) is 14.4. The first-order valence-electron chi connectivity index (χ1n) is 8.35. The van der Waals surface area contributed by atoms with Gasteiger partial charge in [0.05, 0.1) is 30.2 Å². The van der Waals surface area contributed by atoms with Gasteiger partial charge in [-0.25, -0.2) is 10.4 Å². The molecule has 0 aliphatic carbocycles. The number of aromatic nitrogens is 2. The molecule has 2 aromatic carbocycles. The van der Waals surface area contributed by atoms with E-state index in [1.807, 2.05) is 35.8 Å². The second kappa shape index (κ2) is 8.15. The minimum atomic E-state index is -0.192. The predicted molar refractivity (Wildman–Crippen MR) is 99.4 cm³/mol. The molecule has 0 aliphatic heterocycles. The molecular formula is C19H20N4O3. The van der Waals surface area contributed by atoms with Gasteiger partial charge in [-0.3, -0.25) is 4.79 Å². The number of nitrogens with one attached hydrogen (secondary N) is 1. The van der Waals surface area contributed by atoms with Crippen LogP contribution in [0.5, 0.6) is 11.5 Å². The van der Waals surface area contributed by atoms with Crippen molar-refractivity contribution in [1.29, 1.82) is 0 Å². The SMILES string of the molecule is CCOc1cc(C=NNC(=O)CCn2cnc3ccccc32)ccc1O. The number of hydrogen-bond donors (Lipinski definition) is 2. The lowest BCUT2D eigenvalue weighted by Crippen LogP contribution is -2.19. The zero-order valence-corrected chi connectivity index (χ0v) is 14.4. The van der Waals surface area contributed by atoms with Crippen LogP contribution in [0.2, 0.25) is 0 Å². The largest absolute Gasteiger partial charge is 0.504 e. The van der Waals surface area contributed by atoms with Crippen LogP contribution in [0.15, 0.2) is 53.9 Å². The summed E-state index contributed by atoms with van der Waals surface area (Å²) in [6.45, 7) is 2.81. The number of imidazole rings is 1. The second-order valence-electron chi connectivity index (χ2n) is 5.63. The highest BCUT2D eigenvalue weighted by Crippen LogP contribution is 2.26. The normalized spacial score (nSPS) is 11.1. The van der Waals surface area contributed by atoms with Crippen molar-refractivity contribution in [3.63, 3.8) is 0 Å². The summed E-state index contributed by atoms with van der Waals surface area (Å²) in [5, 5.41) is 13.6. The number of para-hydroxylation sites is 2. The van der Waals surface area contributed by atoms with Crippen LogP contribution in [0, 0.1) is 0 Å². The molecule has 0 bridgehead atoms. The number of hydrazone groups is 1. The number of fused-ring (bicyclic) bond motifs is 1. The van der Waals surface area contributed by atoms with Crippen LogP contribution in [0.1, 0.15) is 18.9 Å². The van der Waals surface area contributed by atoms with Crippen LogP contribution in [-0.2, 0) is 11.3 Å². The number of carbonyl (C=O) groups excluding carboxylic acids is 1. The number of hydrogen-bond acceptors (Lipinski definition) is 5. The number of nitrogens with zero attached hydrogens (tertiary/aromatic N) is 3. The Morgan fingerprint density at radius 1 is 1.35 bits per heavy atom. The van der Waals surface area contributed by atoms with E-state index in [4.69, 9.17) is 4.74 Å². The van der Waals surface area contributed by atoms with Gasteiger partial charge in [0, 0.05) is 13.0 Å². The number of benzene rings is 2. The standard InChI is InChI=1S/C19H20N4O3/c1-2-26-18-11-14(7-8-17(18)24)12-21-22-19(25)9-10-23-13-20-15-5-3-4-6-16(15)23/h3-8,11-13,24H,2,9-10H2,1H3,(H,22,25). The minimum absolute atomic E-state index is 0.0700. The third kappa shape index (κ3) is 4.18. The van der Waals surface area contributed by atoms with E-state index in [1.165, 1.54) is 12.3 Å². The van der Waals surface area contributed by atoms with Gasteiger partial charge in [-0.15, -0.1) is 0 Å². The molecule has 7 heteroatoms. The van der Waals surface area contributed by atoms with Crippen LogP contribution in [0.4, 0.5) is 0 Å². The number of phenols is 1. The molecule has 0 radical (unpaired) electrons. The molecule has 0 saturated heterocycles. The Labute approximate surface area is 150 Å². The maximum atomic E-state index is 12.0. The molecular weight excluding hydrogens is 332 g/mol. The Balaban J connectivity index is 1.54. The van der Waals surface area contributed by atoms with E-state index in [0.29, 0.717) is 24.5 Å². The van der Waals surface area contributed by atoms with E-state index in [-0.39, 0.29) is 18.1 Å². The molecule has 0 fully saturated rings. The number of carbonyl (C=O) groups is 1. The molecule has 2 N–H and O–H groups in total. The Hall–Kier alpha value is -3.35. The number of aryl methyl sites for hydroxylation is 1. The lowest BCUT2D eigenvalue weighted by Gasteiger charge is -2.06. The van der Waals surface area contributed by atoms with E-state index in [9.17, 15) is 9.90 Å². The quantitative estimate of drug-likeness (QED) is 0.505. The minimum Gasteiger partial charge on any atom is -0.504 e. The van der Waals surface area contributed by atoms with Gasteiger partial charge >= 0.3 is 0 Å². The maximum Gasteiger partial charge on any atom is 0.241 e. The van der Waals surface area contributed by atoms with Crippen molar-refractivity contribution in [2.75, 3.05) is 6.61 Å². The maximum absolute atomic E-state index is 12.0. The molecule has 134 valence electrons. The second-order valence-corrected chi connectivity index (χ2v) is 5.63. The van der Waals surface area contributed by atoms with E-state index < -0.39 is 0 Å². The lowest BCUT2D eigenvalue weighted by atomic mass is 10.2. The fraction of sp³-hybridized carbons (Fsp3) is 0.211. The Bertz CT molecular complexity index is 933. The molecule has 1 heterocycles. The third-order valence-corrected chi connectivity index (χ3v) is 3.79. The molecule has 0 aliphatic rings. The van der Waals surface area contributed by atoms with Crippen LogP contribution < -0.4 is 10.2 Å². The summed E-state index contributed by atoms with van der Waals surface area (Å²) in [6, 6.07) is 12.7. The number of amides is 1. The van der Waals surface area contributed by atoms with Gasteiger partial charge in [-0.2, -0.15) is 5.10 Å². The summed E-state index contributed by atoms with van der Waals surface area (Å²) >= 11 is 0. The van der Waals surface area contributed by atoms with Gasteiger partial charge in [0.25, 0.3) is 0 Å². The highest BCUT2D eigenvalue weighted by atomic mass is 16.5.